The van der Waals surface area contributed by atoms with Crippen molar-refractivity contribution in [3.05, 3.63) is 34.7 Å². The van der Waals surface area contributed by atoms with Crippen molar-refractivity contribution in [1.82, 2.24) is 0 Å². The van der Waals surface area contributed by atoms with Crippen LogP contribution in [0.1, 0.15) is 35.5 Å². The molecule has 0 bridgehead atoms. The van der Waals surface area contributed by atoms with Crippen LogP contribution in [0.2, 0.25) is 0 Å². The number of ketones is 1. The first-order valence-corrected chi connectivity index (χ1v) is 6.49. The summed E-state index contributed by atoms with van der Waals surface area (Å²) >= 11 is 1.63. The fourth-order valence-corrected chi connectivity index (χ4v) is 3.08. The van der Waals surface area contributed by atoms with Gasteiger partial charge in [0.15, 0.2) is 5.78 Å². The standard InChI is InChI=1S/C14H16OS/c1-4-9(2)13(15)14-10(3)11-7-5-6-8-12(11)16-14/h5-9H,4H2,1-3H3. The minimum absolute atomic E-state index is 0.131. The van der Waals surface area contributed by atoms with Gasteiger partial charge in [-0.2, -0.15) is 0 Å². The molecule has 1 aromatic carbocycles. The topological polar surface area (TPSA) is 17.1 Å². The van der Waals surface area contributed by atoms with Gasteiger partial charge in [-0.25, -0.2) is 0 Å². The number of aryl methyl sites for hydroxylation is 1. The second-order valence-corrected chi connectivity index (χ2v) is 5.28. The van der Waals surface area contributed by atoms with Crippen LogP contribution < -0.4 is 0 Å². The van der Waals surface area contributed by atoms with E-state index in [9.17, 15) is 4.79 Å². The van der Waals surface area contributed by atoms with E-state index in [1.54, 1.807) is 11.3 Å². The molecule has 0 fully saturated rings. The Balaban J connectivity index is 2.53. The molecule has 0 aliphatic rings. The molecule has 1 unspecified atom stereocenters. The van der Waals surface area contributed by atoms with E-state index in [0.717, 1.165) is 16.9 Å². The van der Waals surface area contributed by atoms with Crippen molar-refractivity contribution in [2.24, 2.45) is 5.92 Å². The number of hydrogen-bond acceptors (Lipinski definition) is 2. The summed E-state index contributed by atoms with van der Waals surface area (Å²) in [5, 5.41) is 1.22. The summed E-state index contributed by atoms with van der Waals surface area (Å²) in [4.78, 5) is 13.1. The molecule has 0 aliphatic heterocycles. The molecule has 0 N–H and O–H groups in total. The minimum Gasteiger partial charge on any atom is -0.293 e. The fraction of sp³-hybridized carbons (Fsp3) is 0.357. The highest BCUT2D eigenvalue weighted by Gasteiger charge is 2.19. The SMILES string of the molecule is CCC(C)C(=O)c1sc2ccccc2c1C. The van der Waals surface area contributed by atoms with Gasteiger partial charge < -0.3 is 0 Å². The summed E-state index contributed by atoms with van der Waals surface area (Å²) in [5.41, 5.74) is 1.14. The maximum Gasteiger partial charge on any atom is 0.175 e. The third-order valence-corrected chi connectivity index (χ3v) is 4.41. The van der Waals surface area contributed by atoms with Gasteiger partial charge in [0.25, 0.3) is 0 Å². The Morgan fingerprint density at radius 2 is 2.06 bits per heavy atom. The zero-order chi connectivity index (χ0) is 11.7. The van der Waals surface area contributed by atoms with E-state index >= 15 is 0 Å². The van der Waals surface area contributed by atoms with Crippen LogP contribution >= 0.6 is 11.3 Å². The molecule has 2 rings (SSSR count). The average molecular weight is 232 g/mol. The number of rotatable bonds is 3. The molecule has 84 valence electrons. The van der Waals surface area contributed by atoms with Gasteiger partial charge in [-0.1, -0.05) is 32.0 Å². The molecule has 0 spiro atoms. The highest BCUT2D eigenvalue weighted by atomic mass is 32.1. The van der Waals surface area contributed by atoms with Gasteiger partial charge in [0.05, 0.1) is 4.88 Å². The van der Waals surface area contributed by atoms with Gasteiger partial charge in [0.2, 0.25) is 0 Å². The molecule has 0 amide bonds. The Labute approximate surface area is 100 Å². The first-order valence-electron chi connectivity index (χ1n) is 5.67. The molecular formula is C14H16OS. The molecule has 2 aromatic rings. The molecule has 1 aromatic heterocycles. The van der Waals surface area contributed by atoms with E-state index in [2.05, 4.69) is 26.0 Å². The van der Waals surface area contributed by atoms with Crippen LogP contribution in [0.4, 0.5) is 0 Å². The van der Waals surface area contributed by atoms with E-state index in [4.69, 9.17) is 0 Å². The summed E-state index contributed by atoms with van der Waals surface area (Å²) in [5.74, 6) is 0.424. The van der Waals surface area contributed by atoms with Crippen LogP contribution in [0.3, 0.4) is 0 Å². The third kappa shape index (κ3) is 1.78. The van der Waals surface area contributed by atoms with Crippen LogP contribution in [0.15, 0.2) is 24.3 Å². The second kappa shape index (κ2) is 4.38. The van der Waals surface area contributed by atoms with Crippen molar-refractivity contribution in [3.8, 4) is 0 Å². The van der Waals surface area contributed by atoms with Gasteiger partial charge >= 0.3 is 0 Å². The molecule has 0 saturated carbocycles. The number of benzene rings is 1. The molecule has 16 heavy (non-hydrogen) atoms. The Kier molecular flexibility index (Phi) is 3.10. The van der Waals surface area contributed by atoms with E-state index in [-0.39, 0.29) is 5.92 Å². The largest absolute Gasteiger partial charge is 0.293 e. The van der Waals surface area contributed by atoms with Crippen LogP contribution in [-0.2, 0) is 0 Å². The molecular weight excluding hydrogens is 216 g/mol. The maximum atomic E-state index is 12.2. The Bertz CT molecular complexity index is 525. The summed E-state index contributed by atoms with van der Waals surface area (Å²) in [6.45, 7) is 6.12. The van der Waals surface area contributed by atoms with Crippen molar-refractivity contribution in [2.45, 2.75) is 27.2 Å². The number of carbonyl (C=O) groups excluding carboxylic acids is 1. The molecule has 0 radical (unpaired) electrons. The lowest BCUT2D eigenvalue weighted by atomic mass is 10.00. The summed E-state index contributed by atoms with van der Waals surface area (Å²) in [6.07, 6.45) is 0.909. The van der Waals surface area contributed by atoms with Gasteiger partial charge in [0.1, 0.15) is 0 Å². The fourth-order valence-electron chi connectivity index (χ4n) is 1.82. The number of fused-ring (bicyclic) bond motifs is 1. The number of carbonyl (C=O) groups is 1. The van der Waals surface area contributed by atoms with Crippen molar-refractivity contribution < 1.29 is 4.79 Å². The highest BCUT2D eigenvalue weighted by Crippen LogP contribution is 2.32. The number of Topliss-reactive ketones (excluding diaryl/α,β-unsaturated/α-hetero) is 1. The summed E-state index contributed by atoms with van der Waals surface area (Å²) in [6, 6.07) is 8.23. The summed E-state index contributed by atoms with van der Waals surface area (Å²) in [7, 11) is 0. The molecule has 2 heteroatoms. The normalized spacial score (nSPS) is 12.9. The molecule has 0 saturated heterocycles. The van der Waals surface area contributed by atoms with E-state index in [1.165, 1.54) is 10.1 Å². The van der Waals surface area contributed by atoms with Gasteiger partial charge in [-0.3, -0.25) is 4.79 Å². The van der Waals surface area contributed by atoms with Crippen LogP contribution in [0.5, 0.6) is 0 Å². The smallest absolute Gasteiger partial charge is 0.175 e. The Hall–Kier alpha value is -1.15. The number of hydrogen-bond donors (Lipinski definition) is 0. The Morgan fingerprint density at radius 3 is 2.69 bits per heavy atom. The first kappa shape index (κ1) is 11.3. The minimum atomic E-state index is 0.131. The monoisotopic (exact) mass is 232 g/mol. The maximum absolute atomic E-state index is 12.2. The van der Waals surface area contributed by atoms with Crippen molar-refractivity contribution in [3.63, 3.8) is 0 Å². The predicted molar refractivity (Wildman–Crippen MR) is 70.3 cm³/mol. The Morgan fingerprint density at radius 1 is 1.38 bits per heavy atom. The number of thiophene rings is 1. The van der Waals surface area contributed by atoms with Crippen molar-refractivity contribution >= 4 is 27.2 Å². The van der Waals surface area contributed by atoms with Crippen molar-refractivity contribution in [1.29, 1.82) is 0 Å². The first-order chi connectivity index (χ1) is 7.65. The van der Waals surface area contributed by atoms with E-state index in [1.807, 2.05) is 19.1 Å². The lowest BCUT2D eigenvalue weighted by Crippen LogP contribution is -2.09. The lowest BCUT2D eigenvalue weighted by molar-refractivity contribution is 0.0931. The third-order valence-electron chi connectivity index (χ3n) is 3.13. The van der Waals surface area contributed by atoms with Gasteiger partial charge in [-0.15, -0.1) is 11.3 Å². The van der Waals surface area contributed by atoms with E-state index in [0.29, 0.717) is 5.78 Å². The van der Waals surface area contributed by atoms with Crippen LogP contribution in [0.25, 0.3) is 10.1 Å². The molecule has 0 aliphatic carbocycles. The van der Waals surface area contributed by atoms with E-state index < -0.39 is 0 Å². The van der Waals surface area contributed by atoms with Crippen LogP contribution in [0, 0.1) is 12.8 Å². The predicted octanol–water partition coefficient (Wildman–Crippen LogP) is 4.44. The van der Waals surface area contributed by atoms with Crippen LogP contribution in [-0.4, -0.2) is 5.78 Å². The lowest BCUT2D eigenvalue weighted by Gasteiger charge is -2.05. The van der Waals surface area contributed by atoms with Gasteiger partial charge in [-0.05, 0) is 30.4 Å². The average Bonchev–Trinajstić information content (AvgIpc) is 2.65. The zero-order valence-corrected chi connectivity index (χ0v) is 10.7. The summed E-state index contributed by atoms with van der Waals surface area (Å²) < 4.78 is 1.21. The molecule has 1 nitrogen and oxygen atoms in total. The van der Waals surface area contributed by atoms with Crippen molar-refractivity contribution in [2.75, 3.05) is 0 Å². The molecule has 1 atom stereocenters. The highest BCUT2D eigenvalue weighted by molar-refractivity contribution is 7.21. The quantitative estimate of drug-likeness (QED) is 0.715. The second-order valence-electron chi connectivity index (χ2n) is 4.23. The van der Waals surface area contributed by atoms with Gasteiger partial charge in [0, 0.05) is 10.6 Å². The zero-order valence-electron chi connectivity index (χ0n) is 9.91. The molecule has 1 heterocycles.